The molecule has 1 atom stereocenters. The first kappa shape index (κ1) is 11.6. The number of rotatable bonds is 3. The topological polar surface area (TPSA) is 55.9 Å². The Morgan fingerprint density at radius 3 is 2.57 bits per heavy atom. The van der Waals surface area contributed by atoms with Gasteiger partial charge >= 0.3 is 5.38 Å². The van der Waals surface area contributed by atoms with Gasteiger partial charge in [0.15, 0.2) is 0 Å². The zero-order valence-corrected chi connectivity index (χ0v) is 8.65. The van der Waals surface area contributed by atoms with E-state index in [0.29, 0.717) is 0 Å². The molecule has 0 spiro atoms. The van der Waals surface area contributed by atoms with Gasteiger partial charge in [-0.25, -0.2) is 5.43 Å². The number of hydrazine groups is 1. The fourth-order valence-electron chi connectivity index (χ4n) is 1.07. The van der Waals surface area contributed by atoms with Crippen LogP contribution >= 0.6 is 23.2 Å². The summed E-state index contributed by atoms with van der Waals surface area (Å²) in [7, 11) is 1.47. The second-order valence-corrected chi connectivity index (χ2v) is 3.55. The average molecular weight is 245 g/mol. The van der Waals surface area contributed by atoms with Crippen LogP contribution in [0.4, 0.5) is 8.78 Å². The number of halogens is 4. The highest BCUT2D eigenvalue weighted by molar-refractivity contribution is 6.31. The molecule has 1 aromatic heterocycles. The summed E-state index contributed by atoms with van der Waals surface area (Å²) in [4.78, 5) is 0. The number of hydrogen-bond donors (Lipinski definition) is 2. The number of nitrogens with one attached hydrogen (secondary N) is 1. The van der Waals surface area contributed by atoms with Gasteiger partial charge in [-0.1, -0.05) is 11.6 Å². The van der Waals surface area contributed by atoms with Crippen molar-refractivity contribution in [2.45, 2.75) is 11.4 Å². The molecular formula is C6H8Cl2F2N4. The predicted octanol–water partition coefficient (Wildman–Crippen LogP) is 1.41. The molecule has 0 bridgehead atoms. The molecule has 1 heterocycles. The van der Waals surface area contributed by atoms with Crippen LogP contribution in [0.25, 0.3) is 0 Å². The molecule has 4 nitrogen and oxygen atoms in total. The second kappa shape index (κ2) is 3.98. The lowest BCUT2D eigenvalue weighted by Crippen LogP contribution is -2.39. The molecule has 0 radical (unpaired) electrons. The van der Waals surface area contributed by atoms with E-state index in [0.717, 1.165) is 0 Å². The molecule has 0 aliphatic carbocycles. The standard InChI is InChI=1S/C6H8Cl2F2N4/c1-14-4(3(7)2-12-14)5(13-11)6(8,9)10/h2,5,13H,11H2,1H3. The fraction of sp³-hybridized carbons (Fsp3) is 0.500. The maximum Gasteiger partial charge on any atom is 0.343 e. The third-order valence-corrected chi connectivity index (χ3v) is 2.21. The van der Waals surface area contributed by atoms with Gasteiger partial charge in [0.25, 0.3) is 0 Å². The summed E-state index contributed by atoms with van der Waals surface area (Å²) in [6.45, 7) is 0. The molecular weight excluding hydrogens is 237 g/mol. The van der Waals surface area contributed by atoms with Crippen LogP contribution in [0.5, 0.6) is 0 Å². The lowest BCUT2D eigenvalue weighted by molar-refractivity contribution is 0.0466. The number of nitrogens with zero attached hydrogens (tertiary/aromatic N) is 2. The van der Waals surface area contributed by atoms with Crippen molar-refractivity contribution >= 4 is 23.2 Å². The number of alkyl halides is 3. The van der Waals surface area contributed by atoms with Gasteiger partial charge in [0.1, 0.15) is 6.04 Å². The van der Waals surface area contributed by atoms with E-state index in [1.54, 1.807) is 0 Å². The first-order valence-electron chi connectivity index (χ1n) is 3.58. The van der Waals surface area contributed by atoms with Crippen LogP contribution in [-0.2, 0) is 7.05 Å². The normalized spacial score (nSPS) is 14.4. The zero-order valence-electron chi connectivity index (χ0n) is 7.14. The smallest absolute Gasteiger partial charge is 0.271 e. The molecule has 0 aliphatic rings. The highest BCUT2D eigenvalue weighted by atomic mass is 35.5. The van der Waals surface area contributed by atoms with Crippen molar-refractivity contribution in [2.75, 3.05) is 0 Å². The highest BCUT2D eigenvalue weighted by Crippen LogP contribution is 2.36. The molecule has 3 N–H and O–H groups in total. The average Bonchev–Trinajstić information content (AvgIpc) is 2.34. The van der Waals surface area contributed by atoms with E-state index in [9.17, 15) is 8.78 Å². The van der Waals surface area contributed by atoms with E-state index in [1.165, 1.54) is 17.9 Å². The Hall–Kier alpha value is -0.430. The van der Waals surface area contributed by atoms with Crippen molar-refractivity contribution in [1.82, 2.24) is 15.2 Å². The van der Waals surface area contributed by atoms with E-state index in [1.807, 2.05) is 5.43 Å². The molecule has 1 unspecified atom stereocenters. The number of nitrogens with two attached hydrogens (primary N) is 1. The maximum atomic E-state index is 12.8. The number of aryl methyl sites for hydroxylation is 1. The summed E-state index contributed by atoms with van der Waals surface area (Å²) >= 11 is 10.5. The van der Waals surface area contributed by atoms with Gasteiger partial charge in [0.05, 0.1) is 16.9 Å². The molecule has 80 valence electrons. The molecule has 14 heavy (non-hydrogen) atoms. The Morgan fingerprint density at radius 1 is 1.71 bits per heavy atom. The molecule has 1 rings (SSSR count). The summed E-state index contributed by atoms with van der Waals surface area (Å²) in [5, 5.41) is 0.240. The molecule has 0 aromatic carbocycles. The first-order valence-corrected chi connectivity index (χ1v) is 4.33. The minimum atomic E-state index is -3.54. The summed E-state index contributed by atoms with van der Waals surface area (Å²) in [5.41, 5.74) is 1.94. The number of hydrogen-bond acceptors (Lipinski definition) is 3. The van der Waals surface area contributed by atoms with Gasteiger partial charge in [-0.3, -0.25) is 10.5 Å². The summed E-state index contributed by atoms with van der Waals surface area (Å²) < 4.78 is 26.9. The van der Waals surface area contributed by atoms with Crippen LogP contribution in [-0.4, -0.2) is 15.2 Å². The minimum Gasteiger partial charge on any atom is -0.271 e. The molecule has 0 saturated heterocycles. The van der Waals surface area contributed by atoms with Crippen molar-refractivity contribution in [3.8, 4) is 0 Å². The molecule has 0 fully saturated rings. The largest absolute Gasteiger partial charge is 0.343 e. The quantitative estimate of drug-likeness (QED) is 0.481. The van der Waals surface area contributed by atoms with E-state index >= 15 is 0 Å². The minimum absolute atomic E-state index is 0.0363. The van der Waals surface area contributed by atoms with Crippen molar-refractivity contribution < 1.29 is 8.78 Å². The molecule has 0 aliphatic heterocycles. The van der Waals surface area contributed by atoms with E-state index in [-0.39, 0.29) is 10.7 Å². The molecule has 1 aromatic rings. The maximum absolute atomic E-state index is 12.8. The second-order valence-electron chi connectivity index (χ2n) is 2.64. The Morgan fingerprint density at radius 2 is 2.29 bits per heavy atom. The monoisotopic (exact) mass is 244 g/mol. The Kier molecular flexibility index (Phi) is 3.31. The summed E-state index contributed by atoms with van der Waals surface area (Å²) in [6.07, 6.45) is 1.24. The third-order valence-electron chi connectivity index (χ3n) is 1.71. The van der Waals surface area contributed by atoms with Gasteiger partial charge in [-0.2, -0.15) is 13.9 Å². The van der Waals surface area contributed by atoms with Crippen molar-refractivity contribution in [2.24, 2.45) is 12.9 Å². The highest BCUT2D eigenvalue weighted by Gasteiger charge is 2.40. The van der Waals surface area contributed by atoms with Crippen LogP contribution in [0.1, 0.15) is 11.7 Å². The van der Waals surface area contributed by atoms with Crippen molar-refractivity contribution in [3.05, 3.63) is 16.9 Å². The Balaban J connectivity index is 3.13. The van der Waals surface area contributed by atoms with Crippen LogP contribution < -0.4 is 11.3 Å². The molecule has 8 heteroatoms. The van der Waals surface area contributed by atoms with Crippen LogP contribution in [0.2, 0.25) is 5.02 Å². The van der Waals surface area contributed by atoms with E-state index in [4.69, 9.17) is 29.0 Å². The van der Waals surface area contributed by atoms with Gasteiger partial charge in [-0.05, 0) is 11.6 Å². The number of aromatic nitrogens is 2. The van der Waals surface area contributed by atoms with Gasteiger partial charge in [0, 0.05) is 7.05 Å². The van der Waals surface area contributed by atoms with Gasteiger partial charge in [0.2, 0.25) is 0 Å². The summed E-state index contributed by atoms with van der Waals surface area (Å²) in [6, 6.07) is -1.58. The fourth-order valence-corrected chi connectivity index (χ4v) is 1.51. The lowest BCUT2D eigenvalue weighted by Gasteiger charge is -2.21. The van der Waals surface area contributed by atoms with E-state index < -0.39 is 11.4 Å². The molecule has 0 amide bonds. The van der Waals surface area contributed by atoms with Gasteiger partial charge < -0.3 is 0 Å². The zero-order chi connectivity index (χ0) is 10.9. The van der Waals surface area contributed by atoms with Crippen LogP contribution in [0.3, 0.4) is 0 Å². The first-order chi connectivity index (χ1) is 6.38. The third kappa shape index (κ3) is 2.14. The SMILES string of the molecule is Cn1ncc(Cl)c1C(NN)C(F)(F)Cl. The Bertz CT molecular complexity index is 303. The lowest BCUT2D eigenvalue weighted by atomic mass is 10.2. The van der Waals surface area contributed by atoms with Crippen LogP contribution in [0.15, 0.2) is 6.20 Å². The van der Waals surface area contributed by atoms with Crippen molar-refractivity contribution in [1.29, 1.82) is 0 Å². The van der Waals surface area contributed by atoms with Gasteiger partial charge in [-0.15, -0.1) is 0 Å². The van der Waals surface area contributed by atoms with Crippen molar-refractivity contribution in [3.63, 3.8) is 0 Å². The Labute approximate surface area is 88.9 Å². The predicted molar refractivity (Wildman–Crippen MR) is 49.1 cm³/mol. The van der Waals surface area contributed by atoms with E-state index in [2.05, 4.69) is 5.10 Å². The molecule has 0 saturated carbocycles. The summed E-state index contributed by atoms with van der Waals surface area (Å²) in [5.74, 6) is 4.97. The van der Waals surface area contributed by atoms with Crippen LogP contribution in [0, 0.1) is 0 Å².